The summed E-state index contributed by atoms with van der Waals surface area (Å²) in [4.78, 5) is 42.7. The Labute approximate surface area is 145 Å². The highest BCUT2D eigenvalue weighted by Gasteiger charge is 2.77. The number of guanidine groups is 1. The molecule has 3 rings (SSSR count). The predicted octanol–water partition coefficient (Wildman–Crippen LogP) is -0.564. The number of carboxylic acid groups (broad SMARTS) is 1. The molecule has 2 amide bonds. The number of carbonyl (C=O) groups is 3. The molecular weight excluding hydrogens is 328 g/mol. The number of carboxylic acids is 1. The summed E-state index contributed by atoms with van der Waals surface area (Å²) in [5.41, 5.74) is 8.50. The fraction of sp³-hybridized carbons (Fsp3) is 0.750. The van der Waals surface area contributed by atoms with Gasteiger partial charge in [0.1, 0.15) is 6.04 Å². The third-order valence-electron chi connectivity index (χ3n) is 6.24. The van der Waals surface area contributed by atoms with Crippen LogP contribution in [0.4, 0.5) is 0 Å². The van der Waals surface area contributed by atoms with Gasteiger partial charge in [-0.25, -0.2) is 4.79 Å². The number of likely N-dealkylation sites (tertiary alicyclic amines) is 1. The second kappa shape index (κ2) is 5.69. The lowest BCUT2D eigenvalue weighted by atomic mass is 9.59. The number of rotatable bonds is 6. The molecule has 0 radical (unpaired) electrons. The number of hydrogen-bond acceptors (Lipinski definition) is 5. The van der Waals surface area contributed by atoms with Gasteiger partial charge in [-0.3, -0.25) is 19.5 Å². The fourth-order valence-electron chi connectivity index (χ4n) is 4.61. The largest absolute Gasteiger partial charge is 0.480 e. The van der Waals surface area contributed by atoms with Crippen molar-refractivity contribution in [1.29, 1.82) is 0 Å². The summed E-state index contributed by atoms with van der Waals surface area (Å²) in [7, 11) is 0. The molecule has 0 aliphatic carbocycles. The second-order valence-corrected chi connectivity index (χ2v) is 7.38. The van der Waals surface area contributed by atoms with E-state index in [9.17, 15) is 19.5 Å². The Kier molecular flexibility index (Phi) is 4.02. The molecule has 25 heavy (non-hydrogen) atoms. The van der Waals surface area contributed by atoms with Crippen molar-refractivity contribution in [2.45, 2.75) is 57.8 Å². The van der Waals surface area contributed by atoms with Crippen LogP contribution >= 0.6 is 0 Å². The summed E-state index contributed by atoms with van der Waals surface area (Å²) >= 11 is 0. The number of aliphatic imine (C=N–C) groups is 1. The molecule has 9 heteroatoms. The molecule has 3 aliphatic heterocycles. The molecule has 1 unspecified atom stereocenters. The standard InChI is InChI=1S/C16H24N4O5/c1-15-9-5-6-10(25-9)16(15,2)13(24)20(12(15)23)8(11(21)22)4-3-7-19-14(17)18/h8-10H,3-7H2,1-2H3,(H,21,22)(H4,17,18,19)/t8?,9-,10+,15+,16-. The van der Waals surface area contributed by atoms with Crippen molar-refractivity contribution >= 4 is 23.7 Å². The van der Waals surface area contributed by atoms with Crippen LogP contribution < -0.4 is 11.5 Å². The molecule has 2 bridgehead atoms. The minimum absolute atomic E-state index is 0.0801. The normalized spacial score (nSPS) is 37.3. The summed E-state index contributed by atoms with van der Waals surface area (Å²) in [6, 6.07) is -1.21. The second-order valence-electron chi connectivity index (χ2n) is 7.38. The lowest BCUT2D eigenvalue weighted by Crippen LogP contribution is -2.48. The number of nitrogens with two attached hydrogens (primary N) is 2. The van der Waals surface area contributed by atoms with E-state index < -0.39 is 34.7 Å². The lowest BCUT2D eigenvalue weighted by molar-refractivity contribution is -0.158. The van der Waals surface area contributed by atoms with Crippen molar-refractivity contribution in [2.24, 2.45) is 27.3 Å². The van der Waals surface area contributed by atoms with Crippen LogP contribution in [0.3, 0.4) is 0 Å². The van der Waals surface area contributed by atoms with E-state index in [-0.39, 0.29) is 31.1 Å². The number of imide groups is 1. The van der Waals surface area contributed by atoms with E-state index in [1.807, 2.05) is 0 Å². The van der Waals surface area contributed by atoms with E-state index in [2.05, 4.69) is 4.99 Å². The third-order valence-corrected chi connectivity index (χ3v) is 6.24. The minimum Gasteiger partial charge on any atom is -0.480 e. The molecule has 0 saturated carbocycles. The highest BCUT2D eigenvalue weighted by atomic mass is 16.5. The van der Waals surface area contributed by atoms with E-state index in [4.69, 9.17) is 16.2 Å². The van der Waals surface area contributed by atoms with Crippen LogP contribution in [0, 0.1) is 10.8 Å². The zero-order chi connectivity index (χ0) is 18.6. The average Bonchev–Trinajstić information content (AvgIpc) is 3.15. The van der Waals surface area contributed by atoms with Gasteiger partial charge in [0.25, 0.3) is 0 Å². The van der Waals surface area contributed by atoms with Gasteiger partial charge in [0.2, 0.25) is 11.8 Å². The summed E-state index contributed by atoms with van der Waals surface area (Å²) < 4.78 is 5.84. The Bertz CT molecular complexity index is 627. The molecule has 3 saturated heterocycles. The van der Waals surface area contributed by atoms with Gasteiger partial charge < -0.3 is 21.3 Å². The van der Waals surface area contributed by atoms with Crippen molar-refractivity contribution < 1.29 is 24.2 Å². The maximum atomic E-state index is 13.1. The number of hydrogen-bond donors (Lipinski definition) is 3. The first kappa shape index (κ1) is 17.7. The average molecular weight is 352 g/mol. The molecule has 3 aliphatic rings. The Morgan fingerprint density at radius 3 is 2.24 bits per heavy atom. The zero-order valence-corrected chi connectivity index (χ0v) is 14.4. The maximum Gasteiger partial charge on any atom is 0.326 e. The number of carbonyl (C=O) groups excluding carboxylic acids is 2. The molecule has 5 atom stereocenters. The van der Waals surface area contributed by atoms with Gasteiger partial charge in [0.05, 0.1) is 23.0 Å². The monoisotopic (exact) mass is 352 g/mol. The van der Waals surface area contributed by atoms with Gasteiger partial charge in [-0.15, -0.1) is 0 Å². The van der Waals surface area contributed by atoms with E-state index in [1.54, 1.807) is 13.8 Å². The first-order chi connectivity index (χ1) is 11.7. The lowest BCUT2D eigenvalue weighted by Gasteiger charge is -2.36. The van der Waals surface area contributed by atoms with E-state index in [1.165, 1.54) is 0 Å². The maximum absolute atomic E-state index is 13.1. The molecule has 0 aromatic carbocycles. The van der Waals surface area contributed by atoms with Crippen molar-refractivity contribution in [3.05, 3.63) is 0 Å². The Morgan fingerprint density at radius 2 is 1.80 bits per heavy atom. The van der Waals surface area contributed by atoms with Crippen molar-refractivity contribution in [1.82, 2.24) is 4.90 Å². The van der Waals surface area contributed by atoms with Crippen LogP contribution in [0.15, 0.2) is 4.99 Å². The Morgan fingerprint density at radius 1 is 1.28 bits per heavy atom. The molecule has 3 fully saturated rings. The summed E-state index contributed by atoms with van der Waals surface area (Å²) in [5, 5.41) is 9.59. The first-order valence-electron chi connectivity index (χ1n) is 8.47. The molecule has 138 valence electrons. The summed E-state index contributed by atoms with van der Waals surface area (Å²) in [6.07, 6.45) is 1.21. The number of aliphatic carboxylic acids is 1. The third kappa shape index (κ3) is 2.18. The van der Waals surface area contributed by atoms with E-state index in [0.29, 0.717) is 19.3 Å². The molecule has 0 aromatic heterocycles. The number of nitrogens with zero attached hydrogens (tertiary/aromatic N) is 2. The topological polar surface area (TPSA) is 148 Å². The molecule has 0 spiro atoms. The van der Waals surface area contributed by atoms with Crippen molar-refractivity contribution in [3.8, 4) is 0 Å². The quantitative estimate of drug-likeness (QED) is 0.251. The smallest absolute Gasteiger partial charge is 0.326 e. The van der Waals surface area contributed by atoms with Crippen LogP contribution in [0.25, 0.3) is 0 Å². The molecular formula is C16H24N4O5. The summed E-state index contributed by atoms with van der Waals surface area (Å²) in [6.45, 7) is 3.70. The minimum atomic E-state index is -1.21. The van der Waals surface area contributed by atoms with Crippen molar-refractivity contribution in [3.63, 3.8) is 0 Å². The predicted molar refractivity (Wildman–Crippen MR) is 87.3 cm³/mol. The van der Waals surface area contributed by atoms with Crippen LogP contribution in [-0.2, 0) is 19.1 Å². The van der Waals surface area contributed by atoms with E-state index >= 15 is 0 Å². The zero-order valence-electron chi connectivity index (χ0n) is 14.4. The number of fused-ring (bicyclic) bond motifs is 5. The summed E-state index contributed by atoms with van der Waals surface area (Å²) in [5.74, 6) is -2.17. The Balaban J connectivity index is 1.86. The van der Waals surface area contributed by atoms with Crippen LogP contribution in [0.1, 0.15) is 39.5 Å². The first-order valence-corrected chi connectivity index (χ1v) is 8.47. The fourth-order valence-corrected chi connectivity index (χ4v) is 4.61. The molecule has 3 heterocycles. The highest BCUT2D eigenvalue weighted by Crippen LogP contribution is 2.64. The molecule has 9 nitrogen and oxygen atoms in total. The van der Waals surface area contributed by atoms with Gasteiger partial charge in [-0.2, -0.15) is 0 Å². The van der Waals surface area contributed by atoms with Crippen LogP contribution in [-0.4, -0.2) is 58.5 Å². The van der Waals surface area contributed by atoms with Gasteiger partial charge in [0.15, 0.2) is 5.96 Å². The highest BCUT2D eigenvalue weighted by molar-refractivity contribution is 6.12. The van der Waals surface area contributed by atoms with Crippen LogP contribution in [0.5, 0.6) is 0 Å². The number of amides is 2. The molecule has 0 aromatic rings. The van der Waals surface area contributed by atoms with Crippen molar-refractivity contribution in [2.75, 3.05) is 6.54 Å². The van der Waals surface area contributed by atoms with Gasteiger partial charge >= 0.3 is 5.97 Å². The number of ether oxygens (including phenoxy) is 1. The van der Waals surface area contributed by atoms with E-state index in [0.717, 1.165) is 4.90 Å². The van der Waals surface area contributed by atoms with Gasteiger partial charge in [0, 0.05) is 6.54 Å². The molecule has 5 N–H and O–H groups in total. The SMILES string of the molecule is C[C@@]12C(=O)N(C(CCCN=C(N)N)C(=O)O)C(=O)[C@]1(C)[C@H]1CC[C@@H]2O1. The van der Waals surface area contributed by atoms with Gasteiger partial charge in [-0.1, -0.05) is 0 Å². The van der Waals surface area contributed by atoms with Crippen LogP contribution in [0.2, 0.25) is 0 Å². The van der Waals surface area contributed by atoms with Gasteiger partial charge in [-0.05, 0) is 39.5 Å². The Hall–Kier alpha value is -2.16.